The first-order valence-corrected chi connectivity index (χ1v) is 7.38. The molecule has 0 fully saturated rings. The molecule has 0 aliphatic rings. The zero-order valence-electron chi connectivity index (χ0n) is 11.8. The van der Waals surface area contributed by atoms with Crippen LogP contribution in [0.15, 0.2) is 17.5 Å². The summed E-state index contributed by atoms with van der Waals surface area (Å²) in [5.41, 5.74) is 0.183. The van der Waals surface area contributed by atoms with Gasteiger partial charge >= 0.3 is 0 Å². The highest BCUT2D eigenvalue weighted by atomic mass is 32.1. The number of thiophene rings is 1. The normalized spacial score (nSPS) is 14.2. The summed E-state index contributed by atoms with van der Waals surface area (Å²) >= 11 is 1.85. The molecule has 0 bridgehead atoms. The van der Waals surface area contributed by atoms with E-state index >= 15 is 0 Å². The number of rotatable bonds is 7. The van der Waals surface area contributed by atoms with Gasteiger partial charge in [0.05, 0.1) is 0 Å². The number of nitrogens with zero attached hydrogens (tertiary/aromatic N) is 1. The van der Waals surface area contributed by atoms with E-state index in [2.05, 4.69) is 62.5 Å². The lowest BCUT2D eigenvalue weighted by Gasteiger charge is -2.43. The molecule has 0 radical (unpaired) electrons. The van der Waals surface area contributed by atoms with Crippen molar-refractivity contribution in [2.45, 2.75) is 45.7 Å². The maximum absolute atomic E-state index is 3.49. The van der Waals surface area contributed by atoms with Gasteiger partial charge in [0.1, 0.15) is 0 Å². The number of hydrogen-bond donors (Lipinski definition) is 1. The zero-order valence-corrected chi connectivity index (χ0v) is 12.6. The van der Waals surface area contributed by atoms with Crippen LogP contribution in [0.4, 0.5) is 0 Å². The molecule has 1 aromatic rings. The maximum Gasteiger partial charge on any atom is 0.0309 e. The van der Waals surface area contributed by atoms with Crippen molar-refractivity contribution in [3.05, 3.63) is 22.4 Å². The van der Waals surface area contributed by atoms with Crippen LogP contribution < -0.4 is 5.32 Å². The number of hydrogen-bond acceptors (Lipinski definition) is 3. The third-order valence-corrected chi connectivity index (χ3v) is 4.66. The van der Waals surface area contributed by atoms with Crippen molar-refractivity contribution in [2.75, 3.05) is 20.1 Å². The summed E-state index contributed by atoms with van der Waals surface area (Å²) in [5, 5.41) is 5.65. The minimum Gasteiger partial charge on any atom is -0.315 e. The van der Waals surface area contributed by atoms with Crippen molar-refractivity contribution in [3.8, 4) is 0 Å². The molecule has 1 rings (SSSR count). The molecule has 98 valence electrons. The number of likely N-dealkylation sites (N-methyl/N-ethyl adjacent to an activating group) is 2. The Morgan fingerprint density at radius 2 is 2.00 bits per heavy atom. The van der Waals surface area contributed by atoms with E-state index in [0.717, 1.165) is 19.5 Å². The summed E-state index contributed by atoms with van der Waals surface area (Å²) in [4.78, 5) is 3.99. The Morgan fingerprint density at radius 3 is 2.41 bits per heavy atom. The molecule has 1 unspecified atom stereocenters. The molecule has 0 aliphatic carbocycles. The molecule has 1 heterocycles. The van der Waals surface area contributed by atoms with Gasteiger partial charge in [-0.25, -0.2) is 0 Å². The molecule has 0 spiro atoms. The van der Waals surface area contributed by atoms with Crippen molar-refractivity contribution >= 4 is 11.3 Å². The van der Waals surface area contributed by atoms with Gasteiger partial charge in [0.25, 0.3) is 0 Å². The molecule has 1 atom stereocenters. The van der Waals surface area contributed by atoms with Crippen LogP contribution in [0.1, 0.15) is 32.6 Å². The quantitative estimate of drug-likeness (QED) is 0.805. The fourth-order valence-electron chi connectivity index (χ4n) is 2.59. The predicted molar refractivity (Wildman–Crippen MR) is 77.9 cm³/mol. The Labute approximate surface area is 110 Å². The van der Waals surface area contributed by atoms with Gasteiger partial charge in [0.2, 0.25) is 0 Å². The first-order chi connectivity index (χ1) is 8.06. The topological polar surface area (TPSA) is 15.3 Å². The predicted octanol–water partition coefficient (Wildman–Crippen LogP) is 3.00. The number of nitrogens with one attached hydrogen (secondary N) is 1. The van der Waals surface area contributed by atoms with Gasteiger partial charge < -0.3 is 5.32 Å². The second kappa shape index (κ2) is 6.53. The van der Waals surface area contributed by atoms with Crippen molar-refractivity contribution in [2.24, 2.45) is 0 Å². The molecule has 1 aromatic heterocycles. The summed E-state index contributed by atoms with van der Waals surface area (Å²) in [5.74, 6) is 0. The molecule has 0 saturated heterocycles. The van der Waals surface area contributed by atoms with E-state index in [1.54, 1.807) is 0 Å². The van der Waals surface area contributed by atoms with Crippen molar-refractivity contribution in [3.63, 3.8) is 0 Å². The average Bonchev–Trinajstić information content (AvgIpc) is 2.79. The fourth-order valence-corrected chi connectivity index (χ4v) is 3.35. The summed E-state index contributed by atoms with van der Waals surface area (Å²) in [6.07, 6.45) is 1.11. The molecule has 3 heteroatoms. The van der Waals surface area contributed by atoms with Crippen molar-refractivity contribution in [1.29, 1.82) is 0 Å². The smallest absolute Gasteiger partial charge is 0.0309 e. The Bertz CT molecular complexity index is 302. The molecule has 0 aromatic carbocycles. The third kappa shape index (κ3) is 3.54. The molecule has 0 aliphatic heterocycles. The lowest BCUT2D eigenvalue weighted by atomic mass is 9.89. The van der Waals surface area contributed by atoms with E-state index < -0.39 is 0 Å². The van der Waals surface area contributed by atoms with Crippen LogP contribution in [0.2, 0.25) is 0 Å². The maximum atomic E-state index is 3.49. The van der Waals surface area contributed by atoms with Gasteiger partial charge in [-0.3, -0.25) is 4.90 Å². The Kier molecular flexibility index (Phi) is 5.63. The zero-order chi connectivity index (χ0) is 12.9. The van der Waals surface area contributed by atoms with E-state index in [1.807, 2.05) is 11.3 Å². The van der Waals surface area contributed by atoms with E-state index in [-0.39, 0.29) is 5.54 Å². The van der Waals surface area contributed by atoms with E-state index in [4.69, 9.17) is 0 Å². The molecule has 17 heavy (non-hydrogen) atoms. The van der Waals surface area contributed by atoms with Crippen LogP contribution in [-0.4, -0.2) is 36.6 Å². The standard InChI is InChI=1S/C14H26N2S/c1-6-16(7-2)14(3,4)13(15-5)11-12-9-8-10-17-12/h8-10,13,15H,6-7,11H2,1-5H3. The van der Waals surface area contributed by atoms with Crippen LogP contribution in [0.3, 0.4) is 0 Å². The van der Waals surface area contributed by atoms with Crippen LogP contribution >= 0.6 is 11.3 Å². The Morgan fingerprint density at radius 1 is 1.35 bits per heavy atom. The van der Waals surface area contributed by atoms with E-state index in [1.165, 1.54) is 4.88 Å². The van der Waals surface area contributed by atoms with Crippen LogP contribution in [-0.2, 0) is 6.42 Å². The van der Waals surface area contributed by atoms with Gasteiger partial charge in [0, 0.05) is 16.5 Å². The highest BCUT2D eigenvalue weighted by Crippen LogP contribution is 2.23. The summed E-state index contributed by atoms with van der Waals surface area (Å²) in [6.45, 7) is 11.4. The molecular weight excluding hydrogens is 228 g/mol. The Balaban J connectivity index is 2.77. The van der Waals surface area contributed by atoms with Crippen molar-refractivity contribution < 1.29 is 0 Å². The fraction of sp³-hybridized carbons (Fsp3) is 0.714. The van der Waals surface area contributed by atoms with Crippen LogP contribution in [0.25, 0.3) is 0 Å². The largest absolute Gasteiger partial charge is 0.315 e. The first-order valence-electron chi connectivity index (χ1n) is 6.50. The van der Waals surface area contributed by atoms with E-state index in [0.29, 0.717) is 6.04 Å². The second-order valence-electron chi connectivity index (χ2n) is 4.95. The van der Waals surface area contributed by atoms with Gasteiger partial charge in [-0.1, -0.05) is 19.9 Å². The van der Waals surface area contributed by atoms with Crippen LogP contribution in [0, 0.1) is 0 Å². The van der Waals surface area contributed by atoms with Crippen LogP contribution in [0.5, 0.6) is 0 Å². The lowest BCUT2D eigenvalue weighted by molar-refractivity contribution is 0.0947. The molecule has 2 nitrogen and oxygen atoms in total. The van der Waals surface area contributed by atoms with Gasteiger partial charge in [-0.2, -0.15) is 0 Å². The summed E-state index contributed by atoms with van der Waals surface area (Å²) in [7, 11) is 2.07. The SMILES string of the molecule is CCN(CC)C(C)(C)C(Cc1cccs1)NC. The minimum atomic E-state index is 0.183. The molecule has 0 saturated carbocycles. The average molecular weight is 254 g/mol. The third-order valence-electron chi connectivity index (χ3n) is 3.77. The lowest BCUT2D eigenvalue weighted by Crippen LogP contribution is -2.57. The highest BCUT2D eigenvalue weighted by Gasteiger charge is 2.33. The van der Waals surface area contributed by atoms with Gasteiger partial charge in [-0.05, 0) is 51.9 Å². The summed E-state index contributed by atoms with van der Waals surface area (Å²) in [6, 6.07) is 4.85. The van der Waals surface area contributed by atoms with E-state index in [9.17, 15) is 0 Å². The highest BCUT2D eigenvalue weighted by molar-refractivity contribution is 7.09. The summed E-state index contributed by atoms with van der Waals surface area (Å²) < 4.78 is 0. The Hall–Kier alpha value is -0.380. The molecule has 0 amide bonds. The molecule has 1 N–H and O–H groups in total. The monoisotopic (exact) mass is 254 g/mol. The van der Waals surface area contributed by atoms with Crippen molar-refractivity contribution in [1.82, 2.24) is 10.2 Å². The van der Waals surface area contributed by atoms with Gasteiger partial charge in [-0.15, -0.1) is 11.3 Å². The second-order valence-corrected chi connectivity index (χ2v) is 5.98. The molecular formula is C14H26N2S. The van der Waals surface area contributed by atoms with Gasteiger partial charge in [0.15, 0.2) is 0 Å². The minimum absolute atomic E-state index is 0.183. The first kappa shape index (κ1) is 14.7.